The number of rotatable bonds is 4. The average molecular weight is 388 g/mol. The first-order chi connectivity index (χ1) is 13.6. The van der Waals surface area contributed by atoms with Gasteiger partial charge in [0.25, 0.3) is 0 Å². The molecule has 2 aliphatic rings. The van der Waals surface area contributed by atoms with Gasteiger partial charge in [0.2, 0.25) is 12.7 Å². The van der Waals surface area contributed by atoms with Crippen LogP contribution in [-0.4, -0.2) is 41.5 Å². The molecule has 3 heterocycles. The summed E-state index contributed by atoms with van der Waals surface area (Å²) < 4.78 is 21.6. The van der Waals surface area contributed by atoms with Crippen molar-refractivity contribution in [2.45, 2.75) is 45.1 Å². The van der Waals surface area contributed by atoms with Crippen LogP contribution in [0, 0.1) is 0 Å². The number of urea groups is 1. The SMILES string of the molecule is COc1cc2c(cc1NC(=O)N1CCCC[C@H]1c1nc(C(C)C)no1)OCO2. The number of carbonyl (C=O) groups excluding carboxylic acids is 1. The monoisotopic (exact) mass is 388 g/mol. The first kappa shape index (κ1) is 18.4. The molecule has 0 unspecified atom stereocenters. The molecule has 0 bridgehead atoms. The minimum absolute atomic E-state index is 0.152. The van der Waals surface area contributed by atoms with Crippen LogP contribution in [0.15, 0.2) is 16.7 Å². The second kappa shape index (κ2) is 7.57. The molecule has 1 N–H and O–H groups in total. The number of benzene rings is 1. The van der Waals surface area contributed by atoms with Crippen LogP contribution < -0.4 is 19.5 Å². The minimum atomic E-state index is -0.244. The molecule has 9 heteroatoms. The van der Waals surface area contributed by atoms with Crippen molar-refractivity contribution in [3.8, 4) is 17.2 Å². The molecule has 4 rings (SSSR count). The molecule has 1 atom stereocenters. The number of piperidine rings is 1. The fourth-order valence-electron chi connectivity index (χ4n) is 3.43. The molecule has 1 aromatic carbocycles. The van der Waals surface area contributed by atoms with Crippen molar-refractivity contribution in [1.82, 2.24) is 15.0 Å². The summed E-state index contributed by atoms with van der Waals surface area (Å²) in [5.41, 5.74) is 0.523. The Hall–Kier alpha value is -2.97. The number of hydrogen-bond acceptors (Lipinski definition) is 7. The number of aromatic nitrogens is 2. The molecule has 0 spiro atoms. The third kappa shape index (κ3) is 3.44. The van der Waals surface area contributed by atoms with Crippen molar-refractivity contribution < 1.29 is 23.5 Å². The fourth-order valence-corrected chi connectivity index (χ4v) is 3.43. The van der Waals surface area contributed by atoms with Gasteiger partial charge < -0.3 is 29.0 Å². The van der Waals surface area contributed by atoms with Crippen molar-refractivity contribution >= 4 is 11.7 Å². The number of nitrogens with zero attached hydrogens (tertiary/aromatic N) is 3. The maximum atomic E-state index is 13.1. The second-order valence-corrected chi connectivity index (χ2v) is 7.19. The highest BCUT2D eigenvalue weighted by molar-refractivity contribution is 5.92. The lowest BCUT2D eigenvalue weighted by molar-refractivity contribution is 0.142. The molecule has 2 aliphatic heterocycles. The van der Waals surface area contributed by atoms with Crippen LogP contribution in [-0.2, 0) is 0 Å². The Morgan fingerprint density at radius 1 is 1.29 bits per heavy atom. The third-order valence-corrected chi connectivity index (χ3v) is 4.96. The number of anilines is 1. The van der Waals surface area contributed by atoms with Gasteiger partial charge in [-0.25, -0.2) is 4.79 Å². The second-order valence-electron chi connectivity index (χ2n) is 7.19. The van der Waals surface area contributed by atoms with Crippen molar-refractivity contribution in [3.05, 3.63) is 23.8 Å². The largest absolute Gasteiger partial charge is 0.494 e. The number of amides is 2. The van der Waals surface area contributed by atoms with Gasteiger partial charge in [-0.1, -0.05) is 19.0 Å². The molecule has 2 amide bonds. The predicted molar refractivity (Wildman–Crippen MR) is 99.8 cm³/mol. The van der Waals surface area contributed by atoms with Gasteiger partial charge >= 0.3 is 6.03 Å². The quantitative estimate of drug-likeness (QED) is 0.853. The van der Waals surface area contributed by atoms with Gasteiger partial charge in [-0.15, -0.1) is 0 Å². The van der Waals surface area contributed by atoms with Crippen molar-refractivity contribution in [1.29, 1.82) is 0 Å². The Kier molecular flexibility index (Phi) is 4.97. The highest BCUT2D eigenvalue weighted by Crippen LogP contribution is 2.41. The van der Waals surface area contributed by atoms with Gasteiger partial charge in [0.15, 0.2) is 17.3 Å². The van der Waals surface area contributed by atoms with E-state index < -0.39 is 0 Å². The van der Waals surface area contributed by atoms with Crippen molar-refractivity contribution in [3.63, 3.8) is 0 Å². The van der Waals surface area contributed by atoms with Crippen LogP contribution in [0.4, 0.5) is 10.5 Å². The van der Waals surface area contributed by atoms with E-state index in [9.17, 15) is 4.79 Å². The van der Waals surface area contributed by atoms with Crippen LogP contribution in [0.1, 0.15) is 56.8 Å². The number of carbonyl (C=O) groups is 1. The summed E-state index contributed by atoms with van der Waals surface area (Å²) in [7, 11) is 1.54. The zero-order valence-corrected chi connectivity index (χ0v) is 16.2. The lowest BCUT2D eigenvalue weighted by atomic mass is 10.0. The third-order valence-electron chi connectivity index (χ3n) is 4.96. The summed E-state index contributed by atoms with van der Waals surface area (Å²) in [5.74, 6) is 2.98. The van der Waals surface area contributed by atoms with Crippen LogP contribution in [0.2, 0.25) is 0 Å². The molecule has 28 heavy (non-hydrogen) atoms. The van der Waals surface area contributed by atoms with E-state index in [0.29, 0.717) is 41.2 Å². The van der Waals surface area contributed by atoms with Gasteiger partial charge in [-0.2, -0.15) is 4.98 Å². The van der Waals surface area contributed by atoms with E-state index in [1.807, 2.05) is 13.8 Å². The Bertz CT molecular complexity index is 866. The number of methoxy groups -OCH3 is 1. The minimum Gasteiger partial charge on any atom is -0.494 e. The Balaban J connectivity index is 1.56. The van der Waals surface area contributed by atoms with E-state index in [1.165, 1.54) is 0 Å². The van der Waals surface area contributed by atoms with Crippen molar-refractivity contribution in [2.24, 2.45) is 0 Å². The van der Waals surface area contributed by atoms with Crippen LogP contribution >= 0.6 is 0 Å². The zero-order chi connectivity index (χ0) is 19.7. The Labute approximate surface area is 162 Å². The number of likely N-dealkylation sites (tertiary alicyclic amines) is 1. The molecule has 9 nitrogen and oxygen atoms in total. The van der Waals surface area contributed by atoms with E-state index in [-0.39, 0.29) is 24.8 Å². The van der Waals surface area contributed by atoms with E-state index in [1.54, 1.807) is 24.1 Å². The number of ether oxygens (including phenoxy) is 3. The average Bonchev–Trinajstić information content (AvgIpc) is 3.36. The van der Waals surface area contributed by atoms with E-state index in [0.717, 1.165) is 19.3 Å². The highest BCUT2D eigenvalue weighted by Gasteiger charge is 2.33. The topological polar surface area (TPSA) is 99.0 Å². The van der Waals surface area contributed by atoms with E-state index >= 15 is 0 Å². The van der Waals surface area contributed by atoms with Gasteiger partial charge in [0.05, 0.1) is 12.8 Å². The smallest absolute Gasteiger partial charge is 0.322 e. The summed E-state index contributed by atoms with van der Waals surface area (Å²) in [6.45, 7) is 4.78. The maximum Gasteiger partial charge on any atom is 0.322 e. The predicted octanol–water partition coefficient (Wildman–Crippen LogP) is 3.69. The first-order valence-corrected chi connectivity index (χ1v) is 9.45. The standard InChI is InChI=1S/C19H24N4O5/c1-11(2)17-21-18(28-22-17)13-6-4-5-7-23(13)19(24)20-12-8-15-16(27-10-26-15)9-14(12)25-3/h8-9,11,13H,4-7,10H2,1-3H3,(H,20,24)/t13-/m0/s1. The van der Waals surface area contributed by atoms with E-state index in [2.05, 4.69) is 15.5 Å². The van der Waals surface area contributed by atoms with Gasteiger partial charge in [0.1, 0.15) is 11.8 Å². The molecule has 150 valence electrons. The van der Waals surface area contributed by atoms with Gasteiger partial charge in [-0.05, 0) is 19.3 Å². The molecule has 1 fully saturated rings. The summed E-state index contributed by atoms with van der Waals surface area (Å²) >= 11 is 0. The van der Waals surface area contributed by atoms with Crippen LogP contribution in [0.3, 0.4) is 0 Å². The van der Waals surface area contributed by atoms with E-state index in [4.69, 9.17) is 18.7 Å². The fraction of sp³-hybridized carbons (Fsp3) is 0.526. The van der Waals surface area contributed by atoms with Crippen molar-refractivity contribution in [2.75, 3.05) is 25.8 Å². The van der Waals surface area contributed by atoms with Crippen LogP contribution in [0.25, 0.3) is 0 Å². The molecule has 1 saturated heterocycles. The molecule has 2 aromatic rings. The molecule has 0 radical (unpaired) electrons. The number of hydrogen-bond donors (Lipinski definition) is 1. The molecular formula is C19H24N4O5. The lowest BCUT2D eigenvalue weighted by Crippen LogP contribution is -2.41. The molecular weight excluding hydrogens is 364 g/mol. The summed E-state index contributed by atoms with van der Waals surface area (Å²) in [4.78, 5) is 19.3. The summed E-state index contributed by atoms with van der Waals surface area (Å²) in [6, 6.07) is 2.93. The van der Waals surface area contributed by atoms with Gasteiger partial charge in [0, 0.05) is 24.6 Å². The summed E-state index contributed by atoms with van der Waals surface area (Å²) in [5, 5.41) is 6.97. The molecule has 1 aromatic heterocycles. The molecule has 0 saturated carbocycles. The normalized spacial score (nSPS) is 18.4. The van der Waals surface area contributed by atoms with Crippen LogP contribution in [0.5, 0.6) is 17.2 Å². The Morgan fingerprint density at radius 2 is 2.07 bits per heavy atom. The summed E-state index contributed by atoms with van der Waals surface area (Å²) in [6.07, 6.45) is 2.71. The molecule has 0 aliphatic carbocycles. The first-order valence-electron chi connectivity index (χ1n) is 9.45. The zero-order valence-electron chi connectivity index (χ0n) is 16.2. The lowest BCUT2D eigenvalue weighted by Gasteiger charge is -2.33. The number of fused-ring (bicyclic) bond motifs is 1. The number of nitrogens with one attached hydrogen (secondary N) is 1. The maximum absolute atomic E-state index is 13.1. The Morgan fingerprint density at radius 3 is 2.79 bits per heavy atom. The highest BCUT2D eigenvalue weighted by atomic mass is 16.7. The van der Waals surface area contributed by atoms with Gasteiger partial charge in [-0.3, -0.25) is 0 Å².